The van der Waals surface area contributed by atoms with Crippen LogP contribution in [0.2, 0.25) is 0 Å². The number of esters is 1. The lowest BCUT2D eigenvalue weighted by atomic mass is 10.1. The highest BCUT2D eigenvalue weighted by atomic mass is 16.6. The monoisotopic (exact) mass is 346 g/mol. The molecular formula is C16H18N4O5. The van der Waals surface area contributed by atoms with Crippen molar-refractivity contribution in [2.24, 2.45) is 0 Å². The second-order valence-corrected chi connectivity index (χ2v) is 5.35. The van der Waals surface area contributed by atoms with Gasteiger partial charge >= 0.3 is 5.97 Å². The van der Waals surface area contributed by atoms with Gasteiger partial charge in [-0.25, -0.2) is 4.98 Å². The molecular weight excluding hydrogens is 328 g/mol. The van der Waals surface area contributed by atoms with Crippen LogP contribution in [0.1, 0.15) is 37.1 Å². The molecule has 0 aromatic carbocycles. The van der Waals surface area contributed by atoms with E-state index in [2.05, 4.69) is 26.4 Å². The van der Waals surface area contributed by atoms with Gasteiger partial charge in [0.25, 0.3) is 5.69 Å². The maximum absolute atomic E-state index is 11.2. The average molecular weight is 346 g/mol. The Balaban J connectivity index is 1.87. The summed E-state index contributed by atoms with van der Waals surface area (Å²) < 4.78 is 9.81. The predicted octanol–water partition coefficient (Wildman–Crippen LogP) is 3.14. The highest BCUT2D eigenvalue weighted by Crippen LogP contribution is 2.22. The smallest absolute Gasteiger partial charge is 0.310 e. The Morgan fingerprint density at radius 2 is 2.24 bits per heavy atom. The molecule has 0 saturated heterocycles. The fourth-order valence-corrected chi connectivity index (χ4v) is 2.22. The Morgan fingerprint density at radius 3 is 2.92 bits per heavy atom. The van der Waals surface area contributed by atoms with Gasteiger partial charge in [0, 0.05) is 18.9 Å². The number of nitro groups is 1. The van der Waals surface area contributed by atoms with Gasteiger partial charge in [-0.05, 0) is 25.3 Å². The first-order chi connectivity index (χ1) is 12.0. The van der Waals surface area contributed by atoms with Crippen LogP contribution in [-0.4, -0.2) is 26.0 Å². The summed E-state index contributed by atoms with van der Waals surface area (Å²) >= 11 is 0. The van der Waals surface area contributed by atoms with Gasteiger partial charge in [-0.1, -0.05) is 18.2 Å². The lowest BCUT2D eigenvalue weighted by Crippen LogP contribution is -1.98. The zero-order chi connectivity index (χ0) is 18.2. The van der Waals surface area contributed by atoms with E-state index in [0.717, 1.165) is 19.1 Å². The maximum Gasteiger partial charge on any atom is 0.310 e. The molecule has 9 nitrogen and oxygen atoms in total. The second kappa shape index (κ2) is 8.67. The van der Waals surface area contributed by atoms with Crippen molar-refractivity contribution in [1.82, 2.24) is 15.1 Å². The van der Waals surface area contributed by atoms with Crippen molar-refractivity contribution < 1.29 is 19.0 Å². The van der Waals surface area contributed by atoms with Crippen molar-refractivity contribution in [3.05, 3.63) is 46.7 Å². The summed E-state index contributed by atoms with van der Waals surface area (Å²) in [5.41, 5.74) is 0.968. The first-order valence-corrected chi connectivity index (χ1v) is 7.75. The number of ether oxygens (including phenoxy) is 1. The number of aromatic nitrogens is 3. The molecule has 2 aromatic rings. The Labute approximate surface area is 143 Å². The standard InChI is InChI=1S/C16H18N4O5/c1-3-24-14(21)8-6-4-5-7-13-18-16(19-25-13)15-11(2)9-12(10-17-15)20(22)23/h3,9-10H,1,4-8H2,2H3. The normalized spacial score (nSPS) is 10.4. The largest absolute Gasteiger partial charge is 0.435 e. The van der Waals surface area contributed by atoms with Gasteiger partial charge in [0.1, 0.15) is 11.9 Å². The number of pyridine rings is 1. The van der Waals surface area contributed by atoms with Crippen molar-refractivity contribution in [2.75, 3.05) is 0 Å². The van der Waals surface area contributed by atoms with E-state index in [-0.39, 0.29) is 11.7 Å². The van der Waals surface area contributed by atoms with Gasteiger partial charge in [0.15, 0.2) is 0 Å². The Bertz CT molecular complexity index is 772. The van der Waals surface area contributed by atoms with Gasteiger partial charge < -0.3 is 9.26 Å². The van der Waals surface area contributed by atoms with Crippen LogP contribution in [0, 0.1) is 17.0 Å². The van der Waals surface area contributed by atoms with Crippen LogP contribution in [0.4, 0.5) is 5.69 Å². The van der Waals surface area contributed by atoms with Crippen LogP contribution in [0.25, 0.3) is 11.5 Å². The Hall–Kier alpha value is -3.10. The zero-order valence-electron chi connectivity index (χ0n) is 13.8. The summed E-state index contributed by atoms with van der Waals surface area (Å²) in [6.45, 7) is 5.02. The van der Waals surface area contributed by atoms with Crippen molar-refractivity contribution >= 4 is 11.7 Å². The number of carbonyl (C=O) groups excluding carboxylic acids is 1. The zero-order valence-corrected chi connectivity index (χ0v) is 13.8. The SMILES string of the molecule is C=COC(=O)CCCCCc1nc(-c2ncc([N+](=O)[O-])cc2C)no1. The first-order valence-electron chi connectivity index (χ1n) is 7.75. The lowest BCUT2D eigenvalue weighted by Gasteiger charge is -1.99. The molecule has 0 fully saturated rings. The van der Waals surface area contributed by atoms with E-state index in [4.69, 9.17) is 4.52 Å². The second-order valence-electron chi connectivity index (χ2n) is 5.35. The molecule has 0 radical (unpaired) electrons. The summed E-state index contributed by atoms with van der Waals surface area (Å²) in [6, 6.07) is 1.42. The third-order valence-electron chi connectivity index (χ3n) is 3.44. The molecule has 132 valence electrons. The topological polar surface area (TPSA) is 121 Å². The highest BCUT2D eigenvalue weighted by Gasteiger charge is 2.15. The number of hydrogen-bond donors (Lipinski definition) is 0. The molecule has 0 N–H and O–H groups in total. The van der Waals surface area contributed by atoms with Crippen LogP contribution in [0.5, 0.6) is 0 Å². The van der Waals surface area contributed by atoms with Crippen LogP contribution >= 0.6 is 0 Å². The van der Waals surface area contributed by atoms with Crippen molar-refractivity contribution in [1.29, 1.82) is 0 Å². The first kappa shape index (κ1) is 18.2. The number of hydrogen-bond acceptors (Lipinski definition) is 8. The minimum Gasteiger partial charge on any atom is -0.435 e. The van der Waals surface area contributed by atoms with Gasteiger partial charge in [-0.15, -0.1) is 0 Å². The number of rotatable bonds is 9. The molecule has 0 unspecified atom stereocenters. The van der Waals surface area contributed by atoms with Crippen molar-refractivity contribution in [3.8, 4) is 11.5 Å². The fourth-order valence-electron chi connectivity index (χ4n) is 2.22. The molecule has 0 saturated carbocycles. The quantitative estimate of drug-likeness (QED) is 0.223. The molecule has 0 amide bonds. The van der Waals surface area contributed by atoms with E-state index in [1.165, 1.54) is 12.3 Å². The maximum atomic E-state index is 11.2. The minimum atomic E-state index is -0.504. The third-order valence-corrected chi connectivity index (χ3v) is 3.44. The molecule has 2 heterocycles. The molecule has 25 heavy (non-hydrogen) atoms. The molecule has 2 rings (SSSR count). The van der Waals surface area contributed by atoms with Crippen molar-refractivity contribution in [2.45, 2.75) is 39.0 Å². The van der Waals surface area contributed by atoms with Gasteiger partial charge in [0.2, 0.25) is 11.7 Å². The minimum absolute atomic E-state index is 0.0834. The van der Waals surface area contributed by atoms with E-state index >= 15 is 0 Å². The van der Waals surface area contributed by atoms with Gasteiger partial charge in [-0.3, -0.25) is 14.9 Å². The van der Waals surface area contributed by atoms with E-state index in [1.807, 2.05) is 0 Å². The van der Waals surface area contributed by atoms with Crippen LogP contribution in [-0.2, 0) is 16.0 Å². The number of nitrogens with zero attached hydrogens (tertiary/aromatic N) is 4. The number of aryl methyl sites for hydroxylation is 2. The van der Waals surface area contributed by atoms with Gasteiger partial charge in [0.05, 0.1) is 11.2 Å². The molecule has 0 bridgehead atoms. The highest BCUT2D eigenvalue weighted by molar-refractivity contribution is 5.69. The number of carbonyl (C=O) groups is 1. The molecule has 2 aromatic heterocycles. The fraction of sp³-hybridized carbons (Fsp3) is 0.375. The van der Waals surface area contributed by atoms with E-state index < -0.39 is 4.92 Å². The summed E-state index contributed by atoms with van der Waals surface area (Å²) in [4.78, 5) is 29.7. The third kappa shape index (κ3) is 5.20. The number of unbranched alkanes of at least 4 members (excludes halogenated alkanes) is 2. The van der Waals surface area contributed by atoms with Crippen LogP contribution in [0.3, 0.4) is 0 Å². The molecule has 0 spiro atoms. The molecule has 0 aliphatic rings. The van der Waals surface area contributed by atoms with Gasteiger partial charge in [-0.2, -0.15) is 4.98 Å². The molecule has 0 atom stereocenters. The molecule has 9 heteroatoms. The predicted molar refractivity (Wildman–Crippen MR) is 87.4 cm³/mol. The molecule has 0 aliphatic carbocycles. The summed E-state index contributed by atoms with van der Waals surface area (Å²) in [6.07, 6.45) is 5.52. The van der Waals surface area contributed by atoms with Crippen molar-refractivity contribution in [3.63, 3.8) is 0 Å². The van der Waals surface area contributed by atoms with E-state index in [0.29, 0.717) is 42.2 Å². The Morgan fingerprint density at radius 1 is 1.44 bits per heavy atom. The summed E-state index contributed by atoms with van der Waals surface area (Å²) in [5, 5.41) is 14.6. The average Bonchev–Trinajstić information content (AvgIpc) is 3.03. The van der Waals surface area contributed by atoms with Crippen LogP contribution < -0.4 is 0 Å². The van der Waals surface area contributed by atoms with E-state index in [1.54, 1.807) is 6.92 Å². The summed E-state index contributed by atoms with van der Waals surface area (Å²) in [5.74, 6) is 0.468. The molecule has 0 aliphatic heterocycles. The summed E-state index contributed by atoms with van der Waals surface area (Å²) in [7, 11) is 0. The lowest BCUT2D eigenvalue weighted by molar-refractivity contribution is -0.385. The van der Waals surface area contributed by atoms with Crippen LogP contribution in [0.15, 0.2) is 29.6 Å². The van der Waals surface area contributed by atoms with E-state index in [9.17, 15) is 14.9 Å². The Kier molecular flexibility index (Phi) is 6.33.